The number of amides is 1. The maximum absolute atomic E-state index is 12.1. The first-order valence-electron chi connectivity index (χ1n) is 6.68. The molecule has 1 amide bonds. The molecule has 0 heterocycles. The first-order valence-corrected chi connectivity index (χ1v) is 6.68. The lowest BCUT2D eigenvalue weighted by Crippen LogP contribution is -2.42. The molecule has 94 valence electrons. The molecular weight excluding hydrogens is 200 g/mol. The number of carbonyl (C=O) groups excluding carboxylic acids is 1. The second-order valence-corrected chi connectivity index (χ2v) is 5.02. The summed E-state index contributed by atoms with van der Waals surface area (Å²) in [5.41, 5.74) is 5.57. The topological polar surface area (TPSA) is 46.3 Å². The molecule has 3 heteroatoms. The van der Waals surface area contributed by atoms with Crippen molar-refractivity contribution in [3.8, 4) is 0 Å². The van der Waals surface area contributed by atoms with Gasteiger partial charge in [0.05, 0.1) is 0 Å². The average molecular weight is 226 g/mol. The summed E-state index contributed by atoms with van der Waals surface area (Å²) < 4.78 is 0. The number of hydrogen-bond donors (Lipinski definition) is 1. The summed E-state index contributed by atoms with van der Waals surface area (Å²) in [7, 11) is 0. The van der Waals surface area contributed by atoms with Gasteiger partial charge in [-0.05, 0) is 32.2 Å². The Kier molecular flexibility index (Phi) is 5.81. The molecule has 1 unspecified atom stereocenters. The van der Waals surface area contributed by atoms with Crippen LogP contribution >= 0.6 is 0 Å². The van der Waals surface area contributed by atoms with Crippen molar-refractivity contribution in [3.05, 3.63) is 0 Å². The first-order chi connectivity index (χ1) is 7.69. The van der Waals surface area contributed by atoms with E-state index in [-0.39, 0.29) is 0 Å². The molecule has 3 nitrogen and oxygen atoms in total. The van der Waals surface area contributed by atoms with Crippen LogP contribution in [0, 0.1) is 5.92 Å². The Hall–Kier alpha value is -0.570. The largest absolute Gasteiger partial charge is 0.340 e. The molecule has 0 saturated heterocycles. The van der Waals surface area contributed by atoms with Gasteiger partial charge in [0.2, 0.25) is 5.91 Å². The molecular formula is C13H26N2O. The summed E-state index contributed by atoms with van der Waals surface area (Å²) >= 11 is 0. The number of rotatable bonds is 5. The van der Waals surface area contributed by atoms with Crippen molar-refractivity contribution in [2.45, 2.75) is 58.4 Å². The van der Waals surface area contributed by atoms with Crippen LogP contribution in [0.5, 0.6) is 0 Å². The van der Waals surface area contributed by atoms with E-state index in [0.29, 0.717) is 30.8 Å². The van der Waals surface area contributed by atoms with Crippen LogP contribution in [0.25, 0.3) is 0 Å². The highest BCUT2D eigenvalue weighted by Gasteiger charge is 2.24. The molecule has 0 spiro atoms. The van der Waals surface area contributed by atoms with E-state index >= 15 is 0 Å². The highest BCUT2D eigenvalue weighted by Crippen LogP contribution is 2.23. The van der Waals surface area contributed by atoms with Crippen molar-refractivity contribution < 1.29 is 4.79 Å². The van der Waals surface area contributed by atoms with Crippen molar-refractivity contribution in [1.82, 2.24) is 4.90 Å². The molecule has 1 saturated carbocycles. The number of carbonyl (C=O) groups is 1. The fourth-order valence-corrected chi connectivity index (χ4v) is 2.53. The van der Waals surface area contributed by atoms with Crippen LogP contribution < -0.4 is 5.73 Å². The second-order valence-electron chi connectivity index (χ2n) is 5.02. The van der Waals surface area contributed by atoms with E-state index < -0.39 is 0 Å². The van der Waals surface area contributed by atoms with Gasteiger partial charge in [-0.15, -0.1) is 0 Å². The van der Waals surface area contributed by atoms with Gasteiger partial charge < -0.3 is 10.6 Å². The minimum Gasteiger partial charge on any atom is -0.340 e. The van der Waals surface area contributed by atoms with Crippen LogP contribution in [0.4, 0.5) is 0 Å². The van der Waals surface area contributed by atoms with E-state index in [0.717, 1.165) is 6.54 Å². The van der Waals surface area contributed by atoms with Crippen molar-refractivity contribution >= 4 is 5.91 Å². The van der Waals surface area contributed by atoms with Gasteiger partial charge in [0, 0.05) is 19.0 Å². The summed E-state index contributed by atoms with van der Waals surface area (Å²) in [6.45, 7) is 5.58. The SMILES string of the molecule is CCN(C(=O)CC(C)CN)C1CCCCC1. The summed E-state index contributed by atoms with van der Waals surface area (Å²) in [5, 5.41) is 0. The van der Waals surface area contributed by atoms with E-state index in [1.807, 2.05) is 6.92 Å². The predicted molar refractivity (Wildman–Crippen MR) is 67.1 cm³/mol. The predicted octanol–water partition coefficient (Wildman–Crippen LogP) is 2.15. The third kappa shape index (κ3) is 3.78. The zero-order chi connectivity index (χ0) is 12.0. The van der Waals surface area contributed by atoms with Gasteiger partial charge in [0.15, 0.2) is 0 Å². The second kappa shape index (κ2) is 6.89. The molecule has 16 heavy (non-hydrogen) atoms. The molecule has 1 atom stereocenters. The van der Waals surface area contributed by atoms with Gasteiger partial charge in [0.25, 0.3) is 0 Å². The molecule has 0 aromatic carbocycles. The van der Waals surface area contributed by atoms with Gasteiger partial charge in [-0.25, -0.2) is 0 Å². The van der Waals surface area contributed by atoms with Crippen LogP contribution in [0.1, 0.15) is 52.4 Å². The molecule has 1 fully saturated rings. The molecule has 0 bridgehead atoms. The maximum Gasteiger partial charge on any atom is 0.223 e. The molecule has 1 aliphatic carbocycles. The number of hydrogen-bond acceptors (Lipinski definition) is 2. The quantitative estimate of drug-likeness (QED) is 0.781. The highest BCUT2D eigenvalue weighted by atomic mass is 16.2. The first kappa shape index (κ1) is 13.5. The van der Waals surface area contributed by atoms with E-state index in [1.54, 1.807) is 0 Å². The van der Waals surface area contributed by atoms with E-state index in [4.69, 9.17) is 5.73 Å². The molecule has 1 rings (SSSR count). The Morgan fingerprint density at radius 2 is 2.00 bits per heavy atom. The lowest BCUT2D eigenvalue weighted by atomic mass is 9.93. The van der Waals surface area contributed by atoms with Crippen LogP contribution in [0.2, 0.25) is 0 Å². The molecule has 2 N–H and O–H groups in total. The van der Waals surface area contributed by atoms with Gasteiger partial charge in [-0.3, -0.25) is 4.79 Å². The Balaban J connectivity index is 2.48. The Labute approximate surface area is 99.4 Å². The van der Waals surface area contributed by atoms with Gasteiger partial charge in [0.1, 0.15) is 0 Å². The smallest absolute Gasteiger partial charge is 0.223 e. The molecule has 0 aromatic heterocycles. The Bertz CT molecular complexity index is 212. The zero-order valence-electron chi connectivity index (χ0n) is 10.7. The third-order valence-electron chi connectivity index (χ3n) is 3.60. The van der Waals surface area contributed by atoms with Crippen molar-refractivity contribution in [1.29, 1.82) is 0 Å². The zero-order valence-corrected chi connectivity index (χ0v) is 10.7. The van der Waals surface area contributed by atoms with Crippen molar-refractivity contribution in [2.24, 2.45) is 11.7 Å². The van der Waals surface area contributed by atoms with Gasteiger partial charge >= 0.3 is 0 Å². The van der Waals surface area contributed by atoms with Crippen LogP contribution in [-0.2, 0) is 4.79 Å². The normalized spacial score (nSPS) is 19.4. The van der Waals surface area contributed by atoms with Gasteiger partial charge in [-0.1, -0.05) is 26.2 Å². The van der Waals surface area contributed by atoms with E-state index in [9.17, 15) is 4.79 Å². The molecule has 0 aromatic rings. The summed E-state index contributed by atoms with van der Waals surface area (Å²) in [6, 6.07) is 0.497. The summed E-state index contributed by atoms with van der Waals surface area (Å²) in [4.78, 5) is 14.2. The Morgan fingerprint density at radius 1 is 1.38 bits per heavy atom. The number of nitrogens with two attached hydrogens (primary N) is 1. The summed E-state index contributed by atoms with van der Waals surface area (Å²) in [6.07, 6.45) is 6.89. The summed E-state index contributed by atoms with van der Waals surface area (Å²) in [5.74, 6) is 0.609. The monoisotopic (exact) mass is 226 g/mol. The minimum absolute atomic E-state index is 0.298. The standard InChI is InChI=1S/C13H26N2O/c1-3-15(12-7-5-4-6-8-12)13(16)9-11(2)10-14/h11-12H,3-10,14H2,1-2H3. The Morgan fingerprint density at radius 3 is 2.50 bits per heavy atom. The lowest BCUT2D eigenvalue weighted by Gasteiger charge is -2.34. The number of nitrogens with zero attached hydrogens (tertiary/aromatic N) is 1. The molecule has 0 aliphatic heterocycles. The molecule has 1 aliphatic rings. The van der Waals surface area contributed by atoms with Crippen molar-refractivity contribution in [3.63, 3.8) is 0 Å². The highest BCUT2D eigenvalue weighted by molar-refractivity contribution is 5.76. The third-order valence-corrected chi connectivity index (χ3v) is 3.60. The average Bonchev–Trinajstić information content (AvgIpc) is 2.31. The van der Waals surface area contributed by atoms with E-state index in [1.165, 1.54) is 32.1 Å². The van der Waals surface area contributed by atoms with Crippen LogP contribution in [-0.4, -0.2) is 29.9 Å². The van der Waals surface area contributed by atoms with Crippen LogP contribution in [0.3, 0.4) is 0 Å². The van der Waals surface area contributed by atoms with Crippen molar-refractivity contribution in [2.75, 3.05) is 13.1 Å². The van der Waals surface area contributed by atoms with Gasteiger partial charge in [-0.2, -0.15) is 0 Å². The molecule has 0 radical (unpaired) electrons. The minimum atomic E-state index is 0.298. The van der Waals surface area contributed by atoms with Crippen LogP contribution in [0.15, 0.2) is 0 Å². The maximum atomic E-state index is 12.1. The van der Waals surface area contributed by atoms with E-state index in [2.05, 4.69) is 11.8 Å². The fraction of sp³-hybridized carbons (Fsp3) is 0.923. The fourth-order valence-electron chi connectivity index (χ4n) is 2.53. The lowest BCUT2D eigenvalue weighted by molar-refractivity contribution is -0.134.